The molecule has 3 N–H and O–H groups in total. The summed E-state index contributed by atoms with van der Waals surface area (Å²) in [7, 11) is 0. The smallest absolute Gasteiger partial charge is 0.435 e. The van der Waals surface area contributed by atoms with Crippen LogP contribution < -0.4 is 10.5 Å². The summed E-state index contributed by atoms with van der Waals surface area (Å²) in [4.78, 5) is 55.4. The van der Waals surface area contributed by atoms with Crippen molar-refractivity contribution in [2.45, 2.75) is 38.8 Å². The van der Waals surface area contributed by atoms with Crippen LogP contribution in [-0.4, -0.2) is 96.2 Å². The zero-order valence-electron chi connectivity index (χ0n) is 19.8. The summed E-state index contributed by atoms with van der Waals surface area (Å²) in [6.45, 7) is 4.36. The van der Waals surface area contributed by atoms with Crippen LogP contribution in [-0.2, 0) is 19.1 Å². The quantitative estimate of drug-likeness (QED) is 0.417. The first kappa shape index (κ1) is 25.9. The van der Waals surface area contributed by atoms with Gasteiger partial charge in [-0.3, -0.25) is 9.59 Å². The lowest BCUT2D eigenvalue weighted by Gasteiger charge is -2.36. The SMILES string of the molecule is CCOC(=O)/N=C(\N)c1ccc2c(c1)OCCN([C@@H](C)C(=O)N1CCC(OCC(=O)O)CC1)C2=O. The van der Waals surface area contributed by atoms with Crippen molar-refractivity contribution in [3.63, 3.8) is 0 Å². The number of carbonyl (C=O) groups is 4. The third kappa shape index (κ3) is 6.47. The summed E-state index contributed by atoms with van der Waals surface area (Å²) >= 11 is 0. The van der Waals surface area contributed by atoms with E-state index in [9.17, 15) is 19.2 Å². The highest BCUT2D eigenvalue weighted by molar-refractivity contribution is 6.05. The van der Waals surface area contributed by atoms with Crippen molar-refractivity contribution in [3.8, 4) is 5.75 Å². The Bertz CT molecular complexity index is 1000. The van der Waals surface area contributed by atoms with Gasteiger partial charge < -0.3 is 34.9 Å². The predicted octanol–water partition coefficient (Wildman–Crippen LogP) is 0.864. The first-order valence-electron chi connectivity index (χ1n) is 11.4. The monoisotopic (exact) mass is 490 g/mol. The van der Waals surface area contributed by atoms with Gasteiger partial charge in [0.1, 0.15) is 30.8 Å². The molecule has 1 aromatic carbocycles. The molecule has 2 aliphatic rings. The van der Waals surface area contributed by atoms with E-state index in [1.165, 1.54) is 17.0 Å². The second-order valence-corrected chi connectivity index (χ2v) is 8.16. The summed E-state index contributed by atoms with van der Waals surface area (Å²) in [5, 5.41) is 8.75. The number of nitrogens with two attached hydrogens (primary N) is 1. The molecule has 1 aromatic rings. The van der Waals surface area contributed by atoms with Gasteiger partial charge in [0.2, 0.25) is 5.91 Å². The second kappa shape index (κ2) is 11.6. The molecule has 2 aliphatic heterocycles. The lowest BCUT2D eigenvalue weighted by atomic mass is 10.1. The first-order chi connectivity index (χ1) is 16.7. The average molecular weight is 491 g/mol. The van der Waals surface area contributed by atoms with Crippen molar-refractivity contribution in [2.75, 3.05) is 39.5 Å². The molecule has 0 saturated carbocycles. The van der Waals surface area contributed by atoms with Crippen LogP contribution in [0, 0.1) is 0 Å². The van der Waals surface area contributed by atoms with E-state index in [1.54, 1.807) is 24.8 Å². The van der Waals surface area contributed by atoms with Gasteiger partial charge in [0.05, 0.1) is 24.8 Å². The van der Waals surface area contributed by atoms with Gasteiger partial charge >= 0.3 is 12.1 Å². The van der Waals surface area contributed by atoms with Crippen molar-refractivity contribution in [3.05, 3.63) is 29.3 Å². The Morgan fingerprint density at radius 2 is 1.97 bits per heavy atom. The molecule has 0 aliphatic carbocycles. The number of amides is 3. The van der Waals surface area contributed by atoms with Crippen LogP contribution in [0.15, 0.2) is 23.2 Å². The molecule has 3 amide bonds. The number of carboxylic acids is 1. The van der Waals surface area contributed by atoms with Crippen LogP contribution in [0.1, 0.15) is 42.6 Å². The lowest BCUT2D eigenvalue weighted by Crippen LogP contribution is -2.52. The summed E-state index contributed by atoms with van der Waals surface area (Å²) in [5.74, 6) is -1.36. The number of carbonyl (C=O) groups excluding carboxylic acids is 3. The number of amidine groups is 1. The van der Waals surface area contributed by atoms with Gasteiger partial charge in [-0.2, -0.15) is 4.99 Å². The van der Waals surface area contributed by atoms with Crippen LogP contribution >= 0.6 is 0 Å². The molecular formula is C23H30N4O8. The fourth-order valence-corrected chi connectivity index (χ4v) is 4.01. The van der Waals surface area contributed by atoms with E-state index in [0.717, 1.165) is 0 Å². The van der Waals surface area contributed by atoms with E-state index in [2.05, 4.69) is 4.99 Å². The molecular weight excluding hydrogens is 460 g/mol. The maximum Gasteiger partial charge on any atom is 0.435 e. The number of piperidine rings is 1. The Morgan fingerprint density at radius 3 is 2.63 bits per heavy atom. The lowest BCUT2D eigenvalue weighted by molar-refractivity contribution is -0.147. The topological polar surface area (TPSA) is 161 Å². The van der Waals surface area contributed by atoms with Crippen molar-refractivity contribution < 1.29 is 38.5 Å². The van der Waals surface area contributed by atoms with Crippen molar-refractivity contribution in [1.82, 2.24) is 9.80 Å². The van der Waals surface area contributed by atoms with Crippen molar-refractivity contribution in [1.29, 1.82) is 0 Å². The van der Waals surface area contributed by atoms with Crippen LogP contribution in [0.4, 0.5) is 4.79 Å². The Balaban J connectivity index is 1.67. The Labute approximate surface area is 202 Å². The molecule has 1 fully saturated rings. The van der Waals surface area contributed by atoms with E-state index in [0.29, 0.717) is 31.5 Å². The zero-order chi connectivity index (χ0) is 25.5. The van der Waals surface area contributed by atoms with E-state index < -0.39 is 18.1 Å². The van der Waals surface area contributed by atoms with E-state index >= 15 is 0 Å². The largest absolute Gasteiger partial charge is 0.491 e. The van der Waals surface area contributed by atoms with Gasteiger partial charge in [-0.15, -0.1) is 0 Å². The Kier molecular flexibility index (Phi) is 8.63. The molecule has 0 spiro atoms. The molecule has 0 bridgehead atoms. The maximum absolute atomic E-state index is 13.3. The van der Waals surface area contributed by atoms with Gasteiger partial charge in [0.15, 0.2) is 0 Å². The normalized spacial score (nSPS) is 17.8. The van der Waals surface area contributed by atoms with E-state index in [-0.39, 0.29) is 61.4 Å². The number of aliphatic imine (C=N–C) groups is 1. The molecule has 0 aromatic heterocycles. The molecule has 3 rings (SSSR count). The zero-order valence-corrected chi connectivity index (χ0v) is 19.8. The first-order valence-corrected chi connectivity index (χ1v) is 11.4. The summed E-state index contributed by atoms with van der Waals surface area (Å²) in [5.41, 5.74) is 6.56. The molecule has 12 heteroatoms. The van der Waals surface area contributed by atoms with Gasteiger partial charge in [-0.1, -0.05) is 6.07 Å². The third-order valence-electron chi connectivity index (χ3n) is 5.86. The third-order valence-corrected chi connectivity index (χ3v) is 5.86. The number of likely N-dealkylation sites (tertiary alicyclic amines) is 1. The molecule has 0 unspecified atom stereocenters. The number of rotatable bonds is 7. The van der Waals surface area contributed by atoms with Gasteiger partial charge in [-0.05, 0) is 38.8 Å². The predicted molar refractivity (Wildman–Crippen MR) is 123 cm³/mol. The Hall–Kier alpha value is -3.67. The van der Waals surface area contributed by atoms with Crippen LogP contribution in [0.2, 0.25) is 0 Å². The van der Waals surface area contributed by atoms with E-state index in [1.807, 2.05) is 0 Å². The van der Waals surface area contributed by atoms with Crippen LogP contribution in [0.5, 0.6) is 5.75 Å². The number of hydrogen-bond donors (Lipinski definition) is 2. The summed E-state index contributed by atoms with van der Waals surface area (Å²) in [6, 6.07) is 3.89. The van der Waals surface area contributed by atoms with Gasteiger partial charge in [-0.25, -0.2) is 9.59 Å². The number of fused-ring (bicyclic) bond motifs is 1. The average Bonchev–Trinajstić information content (AvgIpc) is 3.00. The minimum absolute atomic E-state index is 0.0670. The summed E-state index contributed by atoms with van der Waals surface area (Å²) < 4.78 is 15.8. The highest BCUT2D eigenvalue weighted by Gasteiger charge is 2.34. The van der Waals surface area contributed by atoms with E-state index in [4.69, 9.17) is 25.1 Å². The highest BCUT2D eigenvalue weighted by atomic mass is 16.5. The molecule has 35 heavy (non-hydrogen) atoms. The maximum atomic E-state index is 13.3. The number of hydrogen-bond acceptors (Lipinski definition) is 7. The minimum atomic E-state index is -1.03. The molecule has 1 atom stereocenters. The minimum Gasteiger partial charge on any atom is -0.491 e. The standard InChI is InChI=1S/C23H30N4O8/c1-3-33-23(32)25-20(24)15-4-5-17-18(12-15)34-11-10-27(22(17)31)14(2)21(30)26-8-6-16(7-9-26)35-13-19(28)29/h4-5,12,14,16H,3,6-11,13H2,1-2H3,(H,28,29)(H2,24,25,32)/t14-/m0/s1. The Morgan fingerprint density at radius 1 is 1.26 bits per heavy atom. The highest BCUT2D eigenvalue weighted by Crippen LogP contribution is 2.26. The number of aliphatic carboxylic acids is 1. The molecule has 2 heterocycles. The van der Waals surface area contributed by atoms with Crippen LogP contribution in [0.3, 0.4) is 0 Å². The van der Waals surface area contributed by atoms with Gasteiger partial charge in [0, 0.05) is 18.7 Å². The fourth-order valence-electron chi connectivity index (χ4n) is 4.01. The van der Waals surface area contributed by atoms with Gasteiger partial charge in [0.25, 0.3) is 5.91 Å². The molecule has 12 nitrogen and oxygen atoms in total. The fraction of sp³-hybridized carbons (Fsp3) is 0.522. The number of benzene rings is 1. The van der Waals surface area contributed by atoms with Crippen molar-refractivity contribution in [2.24, 2.45) is 10.7 Å². The molecule has 190 valence electrons. The second-order valence-electron chi connectivity index (χ2n) is 8.16. The van der Waals surface area contributed by atoms with Crippen molar-refractivity contribution >= 4 is 29.7 Å². The molecule has 0 radical (unpaired) electrons. The summed E-state index contributed by atoms with van der Waals surface area (Å²) in [6.07, 6.45) is 0.0410. The molecule has 1 saturated heterocycles. The van der Waals surface area contributed by atoms with Crippen LogP contribution in [0.25, 0.3) is 0 Å². The number of carboxylic acid groups (broad SMARTS) is 1. The number of ether oxygens (including phenoxy) is 3. The number of nitrogens with zero attached hydrogens (tertiary/aromatic N) is 3.